The molecular weight excluding hydrogens is 441 g/mol. The molecule has 0 saturated heterocycles. The second-order valence-corrected chi connectivity index (χ2v) is 7.69. The van der Waals surface area contributed by atoms with Gasteiger partial charge in [0.05, 0.1) is 11.3 Å². The van der Waals surface area contributed by atoms with Crippen LogP contribution in [-0.4, -0.2) is 6.36 Å². The van der Waals surface area contributed by atoms with Gasteiger partial charge in [0, 0.05) is 11.8 Å². The Hall–Kier alpha value is -3.55. The molecule has 8 heteroatoms. The van der Waals surface area contributed by atoms with Gasteiger partial charge < -0.3 is 14.8 Å². The first-order valence-electron chi connectivity index (χ1n) is 10.0. The van der Waals surface area contributed by atoms with E-state index in [4.69, 9.17) is 4.74 Å². The number of benzene rings is 3. The van der Waals surface area contributed by atoms with Gasteiger partial charge in [-0.15, -0.1) is 13.2 Å². The SMILES string of the molecule is C=C(Nc1ccc(Oc2cc(C(C)C)ccc2C)cc1OC(F)(F)F)c1c(F)cccc1F. The average Bonchev–Trinajstić information content (AvgIpc) is 2.70. The third-order valence-corrected chi connectivity index (χ3v) is 4.84. The lowest BCUT2D eigenvalue weighted by Gasteiger charge is -2.18. The van der Waals surface area contributed by atoms with E-state index in [1.165, 1.54) is 18.2 Å². The molecule has 0 amide bonds. The van der Waals surface area contributed by atoms with Crippen LogP contribution in [0.15, 0.2) is 61.2 Å². The summed E-state index contributed by atoms with van der Waals surface area (Å²) in [5.41, 5.74) is 0.843. The van der Waals surface area contributed by atoms with Crippen LogP contribution < -0.4 is 14.8 Å². The summed E-state index contributed by atoms with van der Waals surface area (Å²) < 4.78 is 77.1. The number of nitrogens with one attached hydrogen (secondary N) is 1. The third-order valence-electron chi connectivity index (χ3n) is 4.84. The second kappa shape index (κ2) is 9.52. The summed E-state index contributed by atoms with van der Waals surface area (Å²) in [5, 5.41) is 2.50. The lowest BCUT2D eigenvalue weighted by Crippen LogP contribution is -2.18. The van der Waals surface area contributed by atoms with Crippen molar-refractivity contribution in [1.29, 1.82) is 0 Å². The predicted octanol–water partition coefficient (Wildman–Crippen LogP) is 8.17. The van der Waals surface area contributed by atoms with Gasteiger partial charge >= 0.3 is 6.36 Å². The molecule has 0 saturated carbocycles. The highest BCUT2D eigenvalue weighted by Crippen LogP contribution is 2.38. The van der Waals surface area contributed by atoms with Crippen LogP contribution in [0.2, 0.25) is 0 Å². The Morgan fingerprint density at radius 2 is 1.61 bits per heavy atom. The number of ether oxygens (including phenoxy) is 2. The molecule has 33 heavy (non-hydrogen) atoms. The Bertz CT molecular complexity index is 1150. The van der Waals surface area contributed by atoms with Gasteiger partial charge in [0.25, 0.3) is 0 Å². The zero-order valence-corrected chi connectivity index (χ0v) is 18.2. The fourth-order valence-corrected chi connectivity index (χ4v) is 3.10. The van der Waals surface area contributed by atoms with E-state index in [0.717, 1.165) is 29.3 Å². The second-order valence-electron chi connectivity index (χ2n) is 7.69. The highest BCUT2D eigenvalue weighted by Gasteiger charge is 2.32. The molecule has 0 aliphatic carbocycles. The highest BCUT2D eigenvalue weighted by atomic mass is 19.4. The Morgan fingerprint density at radius 3 is 2.21 bits per heavy atom. The minimum Gasteiger partial charge on any atom is -0.457 e. The summed E-state index contributed by atoms with van der Waals surface area (Å²) in [7, 11) is 0. The number of aryl methyl sites for hydroxylation is 1. The minimum atomic E-state index is -5.01. The fraction of sp³-hybridized carbons (Fsp3) is 0.200. The molecule has 0 heterocycles. The summed E-state index contributed by atoms with van der Waals surface area (Å²) in [4.78, 5) is 0. The molecule has 0 atom stereocenters. The zero-order valence-electron chi connectivity index (χ0n) is 18.2. The summed E-state index contributed by atoms with van der Waals surface area (Å²) >= 11 is 0. The minimum absolute atomic E-state index is 0.0893. The summed E-state index contributed by atoms with van der Waals surface area (Å²) in [6.07, 6.45) is -5.01. The predicted molar refractivity (Wildman–Crippen MR) is 117 cm³/mol. The monoisotopic (exact) mass is 463 g/mol. The van der Waals surface area contributed by atoms with Crippen molar-refractivity contribution in [1.82, 2.24) is 0 Å². The van der Waals surface area contributed by atoms with Crippen molar-refractivity contribution >= 4 is 11.4 Å². The van der Waals surface area contributed by atoms with Crippen LogP contribution in [0, 0.1) is 18.6 Å². The van der Waals surface area contributed by atoms with E-state index < -0.39 is 29.3 Å². The first-order valence-corrected chi connectivity index (χ1v) is 10.0. The van der Waals surface area contributed by atoms with E-state index in [2.05, 4.69) is 16.6 Å². The number of hydrogen-bond acceptors (Lipinski definition) is 3. The van der Waals surface area contributed by atoms with E-state index in [1.807, 2.05) is 39.0 Å². The Morgan fingerprint density at radius 1 is 0.939 bits per heavy atom. The molecule has 0 fully saturated rings. The van der Waals surface area contributed by atoms with Crippen molar-refractivity contribution in [2.75, 3.05) is 5.32 Å². The molecule has 0 aliphatic rings. The van der Waals surface area contributed by atoms with E-state index in [9.17, 15) is 22.0 Å². The molecule has 0 spiro atoms. The smallest absolute Gasteiger partial charge is 0.457 e. The van der Waals surface area contributed by atoms with E-state index in [0.29, 0.717) is 5.75 Å². The lowest BCUT2D eigenvalue weighted by atomic mass is 10.0. The average molecular weight is 463 g/mol. The van der Waals surface area contributed by atoms with E-state index in [1.54, 1.807) is 0 Å². The quantitative estimate of drug-likeness (QED) is 0.359. The van der Waals surface area contributed by atoms with Crippen LogP contribution in [0.3, 0.4) is 0 Å². The maximum absolute atomic E-state index is 14.0. The first-order chi connectivity index (χ1) is 15.4. The summed E-state index contributed by atoms with van der Waals surface area (Å²) in [6.45, 7) is 9.38. The Kier molecular flexibility index (Phi) is 6.95. The van der Waals surface area contributed by atoms with E-state index >= 15 is 0 Å². The first kappa shape index (κ1) is 24.1. The van der Waals surface area contributed by atoms with Gasteiger partial charge in [-0.2, -0.15) is 0 Å². The topological polar surface area (TPSA) is 30.5 Å². The summed E-state index contributed by atoms with van der Waals surface area (Å²) in [5.74, 6) is -1.66. The van der Waals surface area contributed by atoms with Gasteiger partial charge in [0.1, 0.15) is 23.1 Å². The van der Waals surface area contributed by atoms with Crippen LogP contribution in [0.25, 0.3) is 5.70 Å². The van der Waals surface area contributed by atoms with Crippen molar-refractivity contribution in [3.63, 3.8) is 0 Å². The van der Waals surface area contributed by atoms with Crippen LogP contribution in [0.1, 0.15) is 36.5 Å². The molecule has 0 aliphatic heterocycles. The third kappa shape index (κ3) is 6.03. The molecule has 0 radical (unpaired) electrons. The van der Waals surface area contributed by atoms with Gasteiger partial charge in [-0.3, -0.25) is 0 Å². The molecule has 3 rings (SSSR count). The van der Waals surface area contributed by atoms with Crippen molar-refractivity contribution in [2.24, 2.45) is 0 Å². The largest absolute Gasteiger partial charge is 0.573 e. The van der Waals surface area contributed by atoms with Crippen LogP contribution in [-0.2, 0) is 0 Å². The molecule has 1 N–H and O–H groups in total. The maximum atomic E-state index is 14.0. The van der Waals surface area contributed by atoms with E-state index in [-0.39, 0.29) is 23.1 Å². The van der Waals surface area contributed by atoms with Gasteiger partial charge in [0.15, 0.2) is 5.75 Å². The summed E-state index contributed by atoms with van der Waals surface area (Å²) in [6, 6.07) is 12.5. The molecule has 174 valence electrons. The molecule has 0 unspecified atom stereocenters. The number of hydrogen-bond donors (Lipinski definition) is 1. The molecule has 0 aromatic heterocycles. The van der Waals surface area contributed by atoms with Gasteiger partial charge in [-0.05, 0) is 54.3 Å². The van der Waals surface area contributed by atoms with Crippen LogP contribution >= 0.6 is 0 Å². The Labute approximate surface area is 188 Å². The van der Waals surface area contributed by atoms with Crippen LogP contribution in [0.4, 0.5) is 27.6 Å². The van der Waals surface area contributed by atoms with Gasteiger partial charge in [-0.25, -0.2) is 8.78 Å². The molecular formula is C25H22F5NO2. The lowest BCUT2D eigenvalue weighted by molar-refractivity contribution is -0.274. The zero-order chi connectivity index (χ0) is 24.3. The molecule has 3 nitrogen and oxygen atoms in total. The van der Waals surface area contributed by atoms with Crippen molar-refractivity contribution < 1.29 is 31.4 Å². The standard InChI is InChI=1S/C25H22F5NO2/c1-14(2)17-9-8-15(3)22(12-17)32-18-10-11-21(23(13-18)33-25(28,29)30)31-16(4)24-19(26)6-5-7-20(24)27/h5-14,31H,4H2,1-3H3. The van der Waals surface area contributed by atoms with Gasteiger partial charge in [-0.1, -0.05) is 38.6 Å². The van der Waals surface area contributed by atoms with Gasteiger partial charge in [0.2, 0.25) is 0 Å². The normalized spacial score (nSPS) is 11.4. The highest BCUT2D eigenvalue weighted by molar-refractivity contribution is 5.79. The van der Waals surface area contributed by atoms with Crippen molar-refractivity contribution in [3.05, 3.63) is 89.5 Å². The Balaban J connectivity index is 1.95. The molecule has 3 aromatic carbocycles. The maximum Gasteiger partial charge on any atom is 0.573 e. The van der Waals surface area contributed by atoms with Crippen LogP contribution in [0.5, 0.6) is 17.2 Å². The number of alkyl halides is 3. The number of anilines is 1. The van der Waals surface area contributed by atoms with Crippen molar-refractivity contribution in [2.45, 2.75) is 33.1 Å². The fourth-order valence-electron chi connectivity index (χ4n) is 3.10. The molecule has 0 bridgehead atoms. The molecule has 3 aromatic rings. The van der Waals surface area contributed by atoms with Crippen molar-refractivity contribution in [3.8, 4) is 17.2 Å². The number of rotatable bonds is 7. The number of halogens is 5.